The van der Waals surface area contributed by atoms with E-state index >= 15 is 0 Å². The molecule has 0 aliphatic heterocycles. The van der Waals surface area contributed by atoms with Crippen molar-refractivity contribution in [3.8, 4) is 5.82 Å². The first-order valence-electron chi connectivity index (χ1n) is 4.24. The number of hydrogen-bond acceptors (Lipinski definition) is 4. The van der Waals surface area contributed by atoms with E-state index in [-0.39, 0.29) is 34.5 Å². The van der Waals surface area contributed by atoms with Crippen molar-refractivity contribution in [1.29, 1.82) is 0 Å². The summed E-state index contributed by atoms with van der Waals surface area (Å²) in [4.78, 5) is 4.23. The average molecular weight is 245 g/mol. The van der Waals surface area contributed by atoms with Crippen molar-refractivity contribution in [3.63, 3.8) is 0 Å². The largest absolute Gasteiger partial charge is 1.00 e. The molecule has 0 aromatic carbocycles. The van der Waals surface area contributed by atoms with Crippen molar-refractivity contribution in [2.24, 2.45) is 0 Å². The molecule has 1 atom stereocenters. The molecular weight excluding hydrogens is 237 g/mol. The molecule has 0 N–H and O–H groups in total. The third kappa shape index (κ3) is 2.99. The summed E-state index contributed by atoms with van der Waals surface area (Å²) in [5.41, 5.74) is 1.04. The van der Waals surface area contributed by atoms with Gasteiger partial charge in [0.15, 0.2) is 5.82 Å². The third-order valence-electron chi connectivity index (χ3n) is 1.89. The second kappa shape index (κ2) is 5.70. The summed E-state index contributed by atoms with van der Waals surface area (Å²) in [6.45, 7) is 1.93. The maximum absolute atomic E-state index is 10.6. The number of aryl methyl sites for hydroxylation is 1. The van der Waals surface area contributed by atoms with Crippen LogP contribution in [0.25, 0.3) is 5.82 Å². The van der Waals surface area contributed by atoms with Crippen molar-refractivity contribution in [2.75, 3.05) is 0 Å². The smallest absolute Gasteiger partial charge is 0.768 e. The van der Waals surface area contributed by atoms with Crippen molar-refractivity contribution >= 4 is 11.1 Å². The summed E-state index contributed by atoms with van der Waals surface area (Å²) in [5.74, 6) is 0.603. The van der Waals surface area contributed by atoms with Gasteiger partial charge in [0.1, 0.15) is 0 Å². The summed E-state index contributed by atoms with van der Waals surface area (Å²) in [5, 5.41) is 3.91. The Hall–Kier alpha value is -0.530. The summed E-state index contributed by atoms with van der Waals surface area (Å²) < 4.78 is 22.7. The molecule has 0 saturated heterocycles. The first kappa shape index (κ1) is 13.5. The molecule has 0 radical (unpaired) electrons. The van der Waals surface area contributed by atoms with Gasteiger partial charge in [0, 0.05) is 12.4 Å². The van der Waals surface area contributed by atoms with Gasteiger partial charge in [0.25, 0.3) is 0 Å². The van der Waals surface area contributed by atoms with Crippen LogP contribution in [0.5, 0.6) is 0 Å². The van der Waals surface area contributed by atoms with E-state index in [4.69, 9.17) is 0 Å². The van der Waals surface area contributed by atoms with Gasteiger partial charge in [-0.25, -0.2) is 9.67 Å². The Bertz CT molecular complexity index is 515. The SMILES string of the molecule is Cc1ccnc(-n2cc(S(=O)[O-])cn2)c1.[Na+]. The van der Waals surface area contributed by atoms with Crippen LogP contribution in [-0.2, 0) is 11.1 Å². The normalized spacial score (nSPS) is 11.9. The van der Waals surface area contributed by atoms with E-state index in [1.807, 2.05) is 19.1 Å². The molecule has 7 heteroatoms. The number of aromatic nitrogens is 3. The first-order chi connectivity index (χ1) is 7.16. The Labute approximate surface area is 117 Å². The molecule has 78 valence electrons. The summed E-state index contributed by atoms with van der Waals surface area (Å²) in [6, 6.07) is 3.68. The number of hydrogen-bond donors (Lipinski definition) is 0. The van der Waals surface area contributed by atoms with Crippen LogP contribution in [0.3, 0.4) is 0 Å². The van der Waals surface area contributed by atoms with Gasteiger partial charge in [-0.05, 0) is 35.7 Å². The monoisotopic (exact) mass is 245 g/mol. The van der Waals surface area contributed by atoms with Crippen LogP contribution >= 0.6 is 0 Å². The molecule has 5 nitrogen and oxygen atoms in total. The molecule has 0 amide bonds. The minimum atomic E-state index is -2.25. The van der Waals surface area contributed by atoms with Gasteiger partial charge in [-0.2, -0.15) is 5.10 Å². The molecule has 2 aromatic rings. The minimum Gasteiger partial charge on any atom is -0.768 e. The molecule has 0 saturated carbocycles. The molecule has 16 heavy (non-hydrogen) atoms. The Morgan fingerprint density at radius 1 is 1.50 bits per heavy atom. The van der Waals surface area contributed by atoms with Crippen LogP contribution in [0, 0.1) is 6.92 Å². The van der Waals surface area contributed by atoms with Crippen molar-refractivity contribution < 1.29 is 38.3 Å². The number of rotatable bonds is 2. The fraction of sp³-hybridized carbons (Fsp3) is 0.111. The van der Waals surface area contributed by atoms with Crippen molar-refractivity contribution in [1.82, 2.24) is 14.8 Å². The van der Waals surface area contributed by atoms with E-state index in [9.17, 15) is 8.76 Å². The van der Waals surface area contributed by atoms with Gasteiger partial charge in [-0.3, -0.25) is 4.21 Å². The quantitative estimate of drug-likeness (QED) is 0.445. The third-order valence-corrected chi connectivity index (χ3v) is 2.48. The standard InChI is InChI=1S/C9H9N3O2S.Na/c1-7-2-3-10-9(4-7)12-6-8(5-11-12)15(13)14;/h2-6H,1H3,(H,13,14);/q;+1/p-1. The number of nitrogens with zero attached hydrogens (tertiary/aromatic N) is 3. The molecular formula is C9H8N3NaO2S. The molecule has 1 unspecified atom stereocenters. The summed E-state index contributed by atoms with van der Waals surface area (Å²) in [7, 11) is 0. The molecule has 0 aliphatic rings. The van der Waals surface area contributed by atoms with E-state index in [0.717, 1.165) is 5.56 Å². The first-order valence-corrected chi connectivity index (χ1v) is 5.31. The van der Waals surface area contributed by atoms with Gasteiger partial charge >= 0.3 is 29.6 Å². The second-order valence-corrected chi connectivity index (χ2v) is 3.99. The summed E-state index contributed by atoms with van der Waals surface area (Å²) >= 11 is -2.25. The van der Waals surface area contributed by atoms with Gasteiger partial charge < -0.3 is 4.55 Å². The van der Waals surface area contributed by atoms with Crippen LogP contribution in [0.2, 0.25) is 0 Å². The zero-order chi connectivity index (χ0) is 10.8. The van der Waals surface area contributed by atoms with Crippen LogP contribution in [0.4, 0.5) is 0 Å². The molecule has 0 fully saturated rings. The summed E-state index contributed by atoms with van der Waals surface area (Å²) in [6.07, 6.45) is 4.36. The topological polar surface area (TPSA) is 70.8 Å². The maximum atomic E-state index is 10.6. The minimum absolute atomic E-state index is 0. The van der Waals surface area contributed by atoms with Crippen molar-refractivity contribution in [2.45, 2.75) is 11.8 Å². The van der Waals surface area contributed by atoms with Crippen LogP contribution in [-0.4, -0.2) is 23.5 Å². The van der Waals surface area contributed by atoms with Crippen LogP contribution in [0.1, 0.15) is 5.56 Å². The van der Waals surface area contributed by atoms with E-state index in [1.165, 1.54) is 17.1 Å². The van der Waals surface area contributed by atoms with Crippen LogP contribution in [0.15, 0.2) is 35.6 Å². The van der Waals surface area contributed by atoms with Gasteiger partial charge in [-0.15, -0.1) is 0 Å². The molecule has 0 aliphatic carbocycles. The molecule has 0 spiro atoms. The van der Waals surface area contributed by atoms with E-state index < -0.39 is 11.1 Å². The van der Waals surface area contributed by atoms with E-state index in [1.54, 1.807) is 6.20 Å². The predicted molar refractivity (Wildman–Crippen MR) is 53.3 cm³/mol. The van der Waals surface area contributed by atoms with Gasteiger partial charge in [-0.1, -0.05) is 0 Å². The Balaban J connectivity index is 0.00000128. The molecule has 2 aromatic heterocycles. The predicted octanol–water partition coefficient (Wildman–Crippen LogP) is -2.18. The van der Waals surface area contributed by atoms with Gasteiger partial charge in [0.2, 0.25) is 0 Å². The molecule has 2 heterocycles. The Morgan fingerprint density at radius 3 is 2.81 bits per heavy atom. The average Bonchev–Trinajstić information content (AvgIpc) is 2.66. The maximum Gasteiger partial charge on any atom is 1.00 e. The van der Waals surface area contributed by atoms with E-state index in [2.05, 4.69) is 10.1 Å². The molecule has 2 rings (SSSR count). The van der Waals surface area contributed by atoms with Gasteiger partial charge in [0.05, 0.1) is 11.1 Å². The molecule has 0 bridgehead atoms. The van der Waals surface area contributed by atoms with E-state index in [0.29, 0.717) is 5.82 Å². The van der Waals surface area contributed by atoms with Crippen molar-refractivity contribution in [3.05, 3.63) is 36.3 Å². The number of pyridine rings is 1. The zero-order valence-electron chi connectivity index (χ0n) is 8.95. The Kier molecular flexibility index (Phi) is 4.82. The van der Waals surface area contributed by atoms with Crippen LogP contribution < -0.4 is 29.6 Å². The Morgan fingerprint density at radius 2 is 2.25 bits per heavy atom. The zero-order valence-corrected chi connectivity index (χ0v) is 11.8. The second-order valence-electron chi connectivity index (χ2n) is 3.05. The fourth-order valence-electron chi connectivity index (χ4n) is 1.16. The fourth-order valence-corrected chi connectivity index (χ4v) is 1.48.